The topological polar surface area (TPSA) is 12.0 Å². The van der Waals surface area contributed by atoms with Gasteiger partial charge in [-0.25, -0.2) is 8.78 Å². The van der Waals surface area contributed by atoms with Crippen LogP contribution in [0.1, 0.15) is 24.8 Å². The summed E-state index contributed by atoms with van der Waals surface area (Å²) in [5.41, 5.74) is -0.0895. The second-order valence-corrected chi connectivity index (χ2v) is 3.95. The van der Waals surface area contributed by atoms with Gasteiger partial charge in [-0.1, -0.05) is 6.07 Å². The van der Waals surface area contributed by atoms with Crippen molar-refractivity contribution >= 4 is 0 Å². The Balaban J connectivity index is 2.22. The van der Waals surface area contributed by atoms with Crippen molar-refractivity contribution in [2.24, 2.45) is 0 Å². The first-order chi connectivity index (χ1) is 8.40. The van der Waals surface area contributed by atoms with Crippen molar-refractivity contribution in [2.75, 3.05) is 6.54 Å². The summed E-state index contributed by atoms with van der Waals surface area (Å²) in [7, 11) is 0. The molecule has 6 heteroatoms. The number of nitrogens with one attached hydrogen (secondary N) is 1. The van der Waals surface area contributed by atoms with E-state index in [1.165, 1.54) is 6.07 Å². The molecule has 1 N–H and O–H groups in total. The maximum absolute atomic E-state index is 13.2. The number of hydrogen-bond acceptors (Lipinski definition) is 1. The molecule has 102 valence electrons. The van der Waals surface area contributed by atoms with Crippen molar-refractivity contribution < 1.29 is 22.0 Å². The number of halogens is 5. The van der Waals surface area contributed by atoms with Crippen molar-refractivity contribution in [1.29, 1.82) is 0 Å². The first-order valence-electron chi connectivity index (χ1n) is 5.60. The number of alkyl halides is 3. The summed E-state index contributed by atoms with van der Waals surface area (Å²) in [6, 6.07) is 3.55. The molecule has 0 unspecified atom stereocenters. The lowest BCUT2D eigenvalue weighted by molar-refractivity contribution is -0.135. The number of benzene rings is 1. The Bertz CT molecular complexity index is 355. The molecule has 1 nitrogen and oxygen atoms in total. The van der Waals surface area contributed by atoms with Gasteiger partial charge in [-0.2, -0.15) is 13.2 Å². The molecule has 0 aliphatic heterocycles. The summed E-state index contributed by atoms with van der Waals surface area (Å²) in [5.74, 6) is -1.31. The summed E-state index contributed by atoms with van der Waals surface area (Å²) in [6.45, 7) is 0.272. The second kappa shape index (κ2) is 6.68. The van der Waals surface area contributed by atoms with Gasteiger partial charge in [0, 0.05) is 18.5 Å². The molecule has 0 atom stereocenters. The maximum Gasteiger partial charge on any atom is 0.389 e. The summed E-state index contributed by atoms with van der Waals surface area (Å²) in [5, 5.41) is 2.72. The quantitative estimate of drug-likeness (QED) is 0.611. The normalized spacial score (nSPS) is 11.8. The average molecular weight is 267 g/mol. The zero-order valence-electron chi connectivity index (χ0n) is 9.66. The lowest BCUT2D eigenvalue weighted by Crippen LogP contribution is -2.17. The molecule has 0 heterocycles. The number of hydrogen-bond donors (Lipinski definition) is 1. The fourth-order valence-corrected chi connectivity index (χ4v) is 1.49. The van der Waals surface area contributed by atoms with E-state index in [1.807, 2.05) is 0 Å². The van der Waals surface area contributed by atoms with Crippen LogP contribution in [0.5, 0.6) is 0 Å². The van der Waals surface area contributed by atoms with E-state index >= 15 is 0 Å². The largest absolute Gasteiger partial charge is 0.389 e. The predicted molar refractivity (Wildman–Crippen MR) is 58.0 cm³/mol. The molecule has 0 saturated heterocycles. The zero-order valence-corrected chi connectivity index (χ0v) is 9.66. The van der Waals surface area contributed by atoms with Crippen molar-refractivity contribution in [3.8, 4) is 0 Å². The Morgan fingerprint density at radius 2 is 1.61 bits per heavy atom. The fourth-order valence-electron chi connectivity index (χ4n) is 1.49. The Morgan fingerprint density at radius 1 is 1.00 bits per heavy atom. The molecule has 0 saturated carbocycles. The Morgan fingerprint density at radius 3 is 2.17 bits per heavy atom. The van der Waals surface area contributed by atoms with Crippen LogP contribution in [-0.4, -0.2) is 12.7 Å². The Labute approximate surface area is 102 Å². The second-order valence-electron chi connectivity index (χ2n) is 3.95. The van der Waals surface area contributed by atoms with Gasteiger partial charge in [0.2, 0.25) is 0 Å². The van der Waals surface area contributed by atoms with Gasteiger partial charge in [-0.15, -0.1) is 0 Å². The molecule has 0 aliphatic rings. The van der Waals surface area contributed by atoms with Crippen LogP contribution in [0, 0.1) is 11.6 Å². The molecule has 0 aliphatic carbocycles. The highest BCUT2D eigenvalue weighted by atomic mass is 19.4. The molecule has 0 radical (unpaired) electrons. The van der Waals surface area contributed by atoms with E-state index in [-0.39, 0.29) is 18.5 Å². The fraction of sp³-hybridized carbons (Fsp3) is 0.500. The highest BCUT2D eigenvalue weighted by Gasteiger charge is 2.25. The third-order valence-electron chi connectivity index (χ3n) is 2.43. The first kappa shape index (κ1) is 14.9. The van der Waals surface area contributed by atoms with Gasteiger partial charge in [0.25, 0.3) is 0 Å². The van der Waals surface area contributed by atoms with E-state index in [0.29, 0.717) is 13.0 Å². The highest BCUT2D eigenvalue weighted by Crippen LogP contribution is 2.21. The number of rotatable bonds is 6. The minimum atomic E-state index is -4.14. The van der Waals surface area contributed by atoms with Gasteiger partial charge in [0.15, 0.2) is 0 Å². The SMILES string of the molecule is Fc1cccc(F)c1CNCCCCC(F)(F)F. The van der Waals surface area contributed by atoms with Crippen LogP contribution >= 0.6 is 0 Å². The standard InChI is InChI=1S/C12H14F5N/c13-10-4-3-5-11(14)9(10)8-18-7-2-1-6-12(15,16)17/h3-5,18H,1-2,6-8H2. The molecule has 1 aromatic carbocycles. The summed E-state index contributed by atoms with van der Waals surface area (Å²) < 4.78 is 61.8. The van der Waals surface area contributed by atoms with E-state index in [9.17, 15) is 22.0 Å². The van der Waals surface area contributed by atoms with E-state index in [2.05, 4.69) is 5.32 Å². The molecule has 0 bridgehead atoms. The lowest BCUT2D eigenvalue weighted by atomic mass is 10.2. The van der Waals surface area contributed by atoms with Crippen LogP contribution in [0.15, 0.2) is 18.2 Å². The summed E-state index contributed by atoms with van der Waals surface area (Å²) >= 11 is 0. The van der Waals surface area contributed by atoms with Crippen LogP contribution < -0.4 is 5.32 Å². The Kier molecular flexibility index (Phi) is 5.53. The molecule has 1 rings (SSSR count). The Hall–Kier alpha value is -1.17. The average Bonchev–Trinajstić information content (AvgIpc) is 2.25. The highest BCUT2D eigenvalue weighted by molar-refractivity contribution is 5.19. The molecule has 0 amide bonds. The summed E-state index contributed by atoms with van der Waals surface area (Å²) in [6.07, 6.45) is -4.65. The monoisotopic (exact) mass is 267 g/mol. The van der Waals surface area contributed by atoms with Gasteiger partial charge in [0.1, 0.15) is 11.6 Å². The van der Waals surface area contributed by atoms with Crippen molar-refractivity contribution in [1.82, 2.24) is 5.32 Å². The van der Waals surface area contributed by atoms with E-state index < -0.39 is 24.2 Å². The number of unbranched alkanes of at least 4 members (excludes halogenated alkanes) is 1. The van der Waals surface area contributed by atoms with Gasteiger partial charge in [0.05, 0.1) is 0 Å². The van der Waals surface area contributed by atoms with Crippen LogP contribution in [0.4, 0.5) is 22.0 Å². The van der Waals surface area contributed by atoms with Gasteiger partial charge in [-0.3, -0.25) is 0 Å². The van der Waals surface area contributed by atoms with Gasteiger partial charge in [-0.05, 0) is 31.5 Å². The summed E-state index contributed by atoms with van der Waals surface area (Å²) in [4.78, 5) is 0. The lowest BCUT2D eigenvalue weighted by Gasteiger charge is -2.08. The molecule has 0 fully saturated rings. The molecule has 0 spiro atoms. The van der Waals surface area contributed by atoms with E-state index in [1.54, 1.807) is 0 Å². The smallest absolute Gasteiger partial charge is 0.312 e. The maximum atomic E-state index is 13.2. The molecule has 0 aromatic heterocycles. The van der Waals surface area contributed by atoms with Crippen LogP contribution in [-0.2, 0) is 6.54 Å². The minimum Gasteiger partial charge on any atom is -0.312 e. The van der Waals surface area contributed by atoms with Crippen LogP contribution in [0.25, 0.3) is 0 Å². The van der Waals surface area contributed by atoms with E-state index in [0.717, 1.165) is 12.1 Å². The molecular weight excluding hydrogens is 253 g/mol. The predicted octanol–water partition coefficient (Wildman–Crippen LogP) is 3.79. The van der Waals surface area contributed by atoms with E-state index in [4.69, 9.17) is 0 Å². The molecule has 18 heavy (non-hydrogen) atoms. The zero-order chi connectivity index (χ0) is 13.6. The van der Waals surface area contributed by atoms with Crippen LogP contribution in [0.2, 0.25) is 0 Å². The molecule has 1 aromatic rings. The minimum absolute atomic E-state index is 0.0102. The first-order valence-corrected chi connectivity index (χ1v) is 5.60. The van der Waals surface area contributed by atoms with Crippen molar-refractivity contribution in [3.63, 3.8) is 0 Å². The van der Waals surface area contributed by atoms with Crippen molar-refractivity contribution in [3.05, 3.63) is 35.4 Å². The van der Waals surface area contributed by atoms with Gasteiger partial charge >= 0.3 is 6.18 Å². The third kappa shape index (κ3) is 5.44. The van der Waals surface area contributed by atoms with Crippen LogP contribution in [0.3, 0.4) is 0 Å². The third-order valence-corrected chi connectivity index (χ3v) is 2.43. The van der Waals surface area contributed by atoms with Crippen molar-refractivity contribution in [2.45, 2.75) is 32.0 Å². The van der Waals surface area contributed by atoms with Gasteiger partial charge < -0.3 is 5.32 Å². The molecular formula is C12H14F5N.